The van der Waals surface area contributed by atoms with E-state index in [0.29, 0.717) is 5.75 Å². The number of phenols is 1. The van der Waals surface area contributed by atoms with Crippen molar-refractivity contribution < 1.29 is 9.84 Å². The maximum absolute atomic E-state index is 9.31. The van der Waals surface area contributed by atoms with Crippen molar-refractivity contribution in [2.45, 2.75) is 13.1 Å². The van der Waals surface area contributed by atoms with Gasteiger partial charge in [-0.25, -0.2) is 0 Å². The van der Waals surface area contributed by atoms with Crippen LogP contribution in [0.3, 0.4) is 0 Å². The number of aromatic hydroxyl groups is 1. The smallest absolute Gasteiger partial charge is 0.160 e. The van der Waals surface area contributed by atoms with Crippen LogP contribution in [0.15, 0.2) is 24.3 Å². The van der Waals surface area contributed by atoms with Gasteiger partial charge in [0.2, 0.25) is 0 Å². The third-order valence-corrected chi connectivity index (χ3v) is 2.10. The van der Waals surface area contributed by atoms with E-state index in [2.05, 4.69) is 13.1 Å². The van der Waals surface area contributed by atoms with Crippen LogP contribution in [0.2, 0.25) is 13.1 Å². The topological polar surface area (TPSA) is 29.5 Å². The molecule has 0 aliphatic carbocycles. The largest absolute Gasteiger partial charge is 0.504 e. The molecule has 0 atom stereocenters. The van der Waals surface area contributed by atoms with Crippen molar-refractivity contribution in [3.05, 3.63) is 24.3 Å². The lowest BCUT2D eigenvalue weighted by molar-refractivity contribution is 0.350. The Labute approximate surface area is 74.4 Å². The van der Waals surface area contributed by atoms with E-state index in [-0.39, 0.29) is 14.5 Å². The Hall–Kier alpha value is -0.963. The minimum absolute atomic E-state index is 0.223. The SMILES string of the molecule is C[Si](C)COc1ccccc1O. The summed E-state index contributed by atoms with van der Waals surface area (Å²) in [5, 5.41) is 9.31. The molecule has 1 rings (SSSR count). The molecule has 2 nitrogen and oxygen atoms in total. The molecule has 0 fully saturated rings. The summed E-state index contributed by atoms with van der Waals surface area (Å²) >= 11 is 0. The third kappa shape index (κ3) is 2.58. The van der Waals surface area contributed by atoms with E-state index in [1.54, 1.807) is 18.2 Å². The predicted octanol–water partition coefficient (Wildman–Crippen LogP) is 2.06. The zero-order valence-corrected chi connectivity index (χ0v) is 8.37. The van der Waals surface area contributed by atoms with E-state index >= 15 is 0 Å². The lowest BCUT2D eigenvalue weighted by Gasteiger charge is -2.08. The number of phenolic OH excluding ortho intramolecular Hbond substituents is 1. The molecule has 1 aromatic rings. The van der Waals surface area contributed by atoms with E-state index in [1.807, 2.05) is 6.07 Å². The highest BCUT2D eigenvalue weighted by molar-refractivity contribution is 6.55. The number of rotatable bonds is 3. The van der Waals surface area contributed by atoms with Crippen LogP contribution < -0.4 is 4.74 Å². The second-order valence-corrected chi connectivity index (χ2v) is 5.67. The number of ether oxygens (including phenoxy) is 1. The van der Waals surface area contributed by atoms with Crippen molar-refractivity contribution in [2.24, 2.45) is 0 Å². The standard InChI is InChI=1S/C9H13O2Si/c1-12(2)7-11-9-6-4-3-5-8(9)10/h3-6,10H,7H2,1-2H3. The lowest BCUT2D eigenvalue weighted by Crippen LogP contribution is -2.14. The van der Waals surface area contributed by atoms with Crippen molar-refractivity contribution in [1.29, 1.82) is 0 Å². The zero-order valence-electron chi connectivity index (χ0n) is 7.37. The van der Waals surface area contributed by atoms with Crippen LogP contribution in [0.25, 0.3) is 0 Å². The Morgan fingerprint density at radius 1 is 1.33 bits per heavy atom. The Morgan fingerprint density at radius 2 is 2.00 bits per heavy atom. The summed E-state index contributed by atoms with van der Waals surface area (Å²) in [5.41, 5.74) is 0. The van der Waals surface area contributed by atoms with Crippen molar-refractivity contribution in [1.82, 2.24) is 0 Å². The van der Waals surface area contributed by atoms with Gasteiger partial charge in [-0.1, -0.05) is 25.2 Å². The van der Waals surface area contributed by atoms with Crippen molar-refractivity contribution >= 4 is 8.80 Å². The van der Waals surface area contributed by atoms with E-state index in [0.717, 1.165) is 6.23 Å². The highest BCUT2D eigenvalue weighted by Gasteiger charge is 2.01. The lowest BCUT2D eigenvalue weighted by atomic mass is 10.3. The first kappa shape index (κ1) is 9.13. The summed E-state index contributed by atoms with van der Waals surface area (Å²) in [5.74, 6) is 0.810. The summed E-state index contributed by atoms with van der Waals surface area (Å²) in [6.07, 6.45) is 0.738. The fourth-order valence-corrected chi connectivity index (χ4v) is 1.25. The second-order valence-electron chi connectivity index (χ2n) is 2.96. The minimum atomic E-state index is -0.382. The first-order valence-corrected chi connectivity index (χ1v) is 6.60. The molecule has 0 spiro atoms. The quantitative estimate of drug-likeness (QED) is 0.723. The molecule has 12 heavy (non-hydrogen) atoms. The van der Waals surface area contributed by atoms with E-state index in [4.69, 9.17) is 4.74 Å². The van der Waals surface area contributed by atoms with E-state index in [9.17, 15) is 5.11 Å². The zero-order chi connectivity index (χ0) is 8.97. The maximum Gasteiger partial charge on any atom is 0.160 e. The van der Waals surface area contributed by atoms with Crippen molar-refractivity contribution in [3.8, 4) is 11.5 Å². The average Bonchev–Trinajstić information content (AvgIpc) is 2.03. The Morgan fingerprint density at radius 3 is 2.58 bits per heavy atom. The summed E-state index contributed by atoms with van der Waals surface area (Å²) < 4.78 is 5.39. The summed E-state index contributed by atoms with van der Waals surface area (Å²) in [4.78, 5) is 0. The number of hydrogen-bond acceptors (Lipinski definition) is 2. The molecule has 1 radical (unpaired) electrons. The van der Waals surface area contributed by atoms with Crippen molar-refractivity contribution in [3.63, 3.8) is 0 Å². The monoisotopic (exact) mass is 181 g/mol. The van der Waals surface area contributed by atoms with Gasteiger partial charge in [-0.15, -0.1) is 0 Å². The number of para-hydroxylation sites is 2. The fourth-order valence-electron chi connectivity index (χ4n) is 0.801. The van der Waals surface area contributed by atoms with Crippen LogP contribution in [0.4, 0.5) is 0 Å². The molecular formula is C9H13O2Si. The average molecular weight is 181 g/mol. The van der Waals surface area contributed by atoms with Gasteiger partial charge in [0.25, 0.3) is 0 Å². The van der Waals surface area contributed by atoms with Gasteiger partial charge >= 0.3 is 0 Å². The molecule has 0 amide bonds. The van der Waals surface area contributed by atoms with E-state index in [1.165, 1.54) is 0 Å². The van der Waals surface area contributed by atoms with Crippen LogP contribution in [0, 0.1) is 0 Å². The van der Waals surface area contributed by atoms with Crippen LogP contribution in [0.1, 0.15) is 0 Å². The van der Waals surface area contributed by atoms with Crippen molar-refractivity contribution in [2.75, 3.05) is 6.23 Å². The molecule has 0 aromatic heterocycles. The molecule has 0 unspecified atom stereocenters. The fraction of sp³-hybridized carbons (Fsp3) is 0.333. The Kier molecular flexibility index (Phi) is 3.16. The van der Waals surface area contributed by atoms with Crippen LogP contribution in [-0.2, 0) is 0 Å². The van der Waals surface area contributed by atoms with Gasteiger partial charge in [0.15, 0.2) is 11.5 Å². The van der Waals surface area contributed by atoms with Crippen LogP contribution in [0.5, 0.6) is 11.5 Å². The number of benzene rings is 1. The predicted molar refractivity (Wildman–Crippen MR) is 51.1 cm³/mol. The van der Waals surface area contributed by atoms with Crippen LogP contribution in [-0.4, -0.2) is 20.1 Å². The highest BCUT2D eigenvalue weighted by atomic mass is 28.3. The normalized spacial score (nSPS) is 10.2. The molecule has 1 aromatic carbocycles. The minimum Gasteiger partial charge on any atom is -0.504 e. The Balaban J connectivity index is 2.57. The summed E-state index contributed by atoms with van der Waals surface area (Å²) in [7, 11) is -0.382. The first-order chi connectivity index (χ1) is 5.70. The van der Waals surface area contributed by atoms with Gasteiger partial charge in [0.1, 0.15) is 0 Å². The molecule has 0 saturated carbocycles. The summed E-state index contributed by atoms with van der Waals surface area (Å²) in [6, 6.07) is 7.05. The van der Waals surface area contributed by atoms with Gasteiger partial charge in [-0.3, -0.25) is 0 Å². The second kappa shape index (κ2) is 4.16. The molecule has 0 heterocycles. The van der Waals surface area contributed by atoms with Crippen LogP contribution >= 0.6 is 0 Å². The number of hydrogen-bond donors (Lipinski definition) is 1. The summed E-state index contributed by atoms with van der Waals surface area (Å²) in [6.45, 7) is 4.34. The maximum atomic E-state index is 9.31. The molecule has 1 N–H and O–H groups in total. The van der Waals surface area contributed by atoms with Gasteiger partial charge < -0.3 is 9.84 Å². The molecule has 3 heteroatoms. The molecular weight excluding hydrogens is 168 g/mol. The highest BCUT2D eigenvalue weighted by Crippen LogP contribution is 2.24. The van der Waals surface area contributed by atoms with E-state index < -0.39 is 0 Å². The van der Waals surface area contributed by atoms with Gasteiger partial charge in [-0.05, 0) is 12.1 Å². The first-order valence-electron chi connectivity index (χ1n) is 3.90. The Bertz CT molecular complexity index is 248. The van der Waals surface area contributed by atoms with Gasteiger partial charge in [-0.2, -0.15) is 0 Å². The molecule has 0 aliphatic rings. The molecule has 0 bridgehead atoms. The molecule has 0 aliphatic heterocycles. The van der Waals surface area contributed by atoms with Gasteiger partial charge in [0, 0.05) is 0 Å². The van der Waals surface area contributed by atoms with Gasteiger partial charge in [0.05, 0.1) is 15.0 Å². The third-order valence-electron chi connectivity index (χ3n) is 1.38. The molecule has 0 saturated heterocycles. The molecule has 65 valence electrons.